The predicted octanol–water partition coefficient (Wildman–Crippen LogP) is 3.94. The molecule has 1 amide bonds. The normalized spacial score (nSPS) is 45.8. The second-order valence-corrected chi connectivity index (χ2v) is 12.6. The molecule has 5 saturated carbocycles. The molecule has 1 saturated heterocycles. The number of hydrogen-bond acceptors (Lipinski definition) is 4. The molecule has 152 valence electrons. The molecule has 2 atom stereocenters. The maximum absolute atomic E-state index is 12.2. The second kappa shape index (κ2) is 5.60. The molecular weight excluding hydrogens is 366 g/mol. The van der Waals surface area contributed by atoms with Crippen molar-refractivity contribution >= 4 is 17.2 Å². The number of primary amides is 1. The number of aromatic nitrogens is 1. The van der Waals surface area contributed by atoms with Gasteiger partial charge in [-0.25, -0.2) is 4.98 Å². The second-order valence-electron chi connectivity index (χ2n) is 11.7. The molecule has 2 heterocycles. The van der Waals surface area contributed by atoms with Gasteiger partial charge in [-0.1, -0.05) is 13.8 Å². The highest BCUT2D eigenvalue weighted by molar-refractivity contribution is 7.09. The zero-order valence-corrected chi connectivity index (χ0v) is 18.1. The molecule has 0 unspecified atom stereocenters. The SMILES string of the molecule is CC1(C)C[C@]2(C(N)=O)CN(Cc3csc(C45CC6CC(CC(C6)C4)C5)n3)C[C@H]12. The first-order chi connectivity index (χ1) is 13.3. The minimum absolute atomic E-state index is 0.0909. The fraction of sp³-hybridized carbons (Fsp3) is 0.826. The molecule has 5 aliphatic carbocycles. The first-order valence-electron chi connectivity index (χ1n) is 11.3. The molecule has 5 heteroatoms. The van der Waals surface area contributed by atoms with Crippen molar-refractivity contribution in [3.8, 4) is 0 Å². The van der Waals surface area contributed by atoms with Crippen LogP contribution in [0.15, 0.2) is 5.38 Å². The van der Waals surface area contributed by atoms with Crippen LogP contribution in [0, 0.1) is 34.5 Å². The Bertz CT molecular complexity index is 794. The summed E-state index contributed by atoms with van der Waals surface area (Å²) in [4.78, 5) is 19.9. The van der Waals surface area contributed by atoms with Crippen LogP contribution in [0.5, 0.6) is 0 Å². The van der Waals surface area contributed by atoms with Crippen molar-refractivity contribution in [3.05, 3.63) is 16.1 Å². The van der Waals surface area contributed by atoms with E-state index in [0.717, 1.165) is 43.8 Å². The van der Waals surface area contributed by atoms with E-state index in [2.05, 4.69) is 24.1 Å². The fourth-order valence-electron chi connectivity index (χ4n) is 8.67. The summed E-state index contributed by atoms with van der Waals surface area (Å²) < 4.78 is 0. The van der Waals surface area contributed by atoms with Crippen molar-refractivity contribution in [1.82, 2.24) is 9.88 Å². The number of hydrogen-bond donors (Lipinski definition) is 1. The predicted molar refractivity (Wildman–Crippen MR) is 111 cm³/mol. The van der Waals surface area contributed by atoms with E-state index in [1.807, 2.05) is 11.3 Å². The molecule has 1 aromatic rings. The highest BCUT2D eigenvalue weighted by Crippen LogP contribution is 2.63. The molecule has 1 aromatic heterocycles. The summed E-state index contributed by atoms with van der Waals surface area (Å²) in [5.74, 6) is 3.20. The average Bonchev–Trinajstić information content (AvgIpc) is 3.18. The summed E-state index contributed by atoms with van der Waals surface area (Å²) in [5, 5.41) is 3.73. The summed E-state index contributed by atoms with van der Waals surface area (Å²) in [6, 6.07) is 0. The van der Waals surface area contributed by atoms with Gasteiger partial charge in [0.1, 0.15) is 0 Å². The molecular formula is C23H33N3OS. The van der Waals surface area contributed by atoms with Crippen LogP contribution in [0.4, 0.5) is 0 Å². The number of thiazole rings is 1. The largest absolute Gasteiger partial charge is 0.369 e. The third-order valence-corrected chi connectivity index (χ3v) is 10.4. The van der Waals surface area contributed by atoms with Crippen LogP contribution >= 0.6 is 11.3 Å². The molecule has 0 aromatic carbocycles. The first kappa shape index (κ1) is 17.9. The van der Waals surface area contributed by atoms with Gasteiger partial charge in [-0.3, -0.25) is 9.69 Å². The van der Waals surface area contributed by atoms with Crippen LogP contribution in [0.25, 0.3) is 0 Å². The van der Waals surface area contributed by atoms with E-state index in [1.54, 1.807) is 0 Å². The van der Waals surface area contributed by atoms with Crippen LogP contribution in [0.3, 0.4) is 0 Å². The van der Waals surface area contributed by atoms with E-state index < -0.39 is 0 Å². The number of nitrogens with two attached hydrogens (primary N) is 1. The topological polar surface area (TPSA) is 59.2 Å². The lowest BCUT2D eigenvalue weighted by atomic mass is 9.48. The van der Waals surface area contributed by atoms with Crippen LogP contribution in [0.1, 0.15) is 69.5 Å². The van der Waals surface area contributed by atoms with Crippen molar-refractivity contribution in [1.29, 1.82) is 0 Å². The molecule has 4 bridgehead atoms. The van der Waals surface area contributed by atoms with Gasteiger partial charge in [0.15, 0.2) is 0 Å². The number of carbonyl (C=O) groups excluding carboxylic acids is 1. The lowest BCUT2D eigenvalue weighted by molar-refractivity contribution is -0.148. The Morgan fingerprint density at radius 1 is 1.21 bits per heavy atom. The maximum atomic E-state index is 12.2. The zero-order chi connectivity index (χ0) is 19.3. The van der Waals surface area contributed by atoms with E-state index in [9.17, 15) is 4.79 Å². The van der Waals surface area contributed by atoms with Crippen LogP contribution < -0.4 is 5.73 Å². The molecule has 2 N–H and O–H groups in total. The summed E-state index contributed by atoms with van der Waals surface area (Å²) in [6.07, 6.45) is 9.54. The number of amides is 1. The van der Waals surface area contributed by atoms with Gasteiger partial charge in [-0.05, 0) is 74.0 Å². The highest BCUT2D eigenvalue weighted by atomic mass is 32.1. The Morgan fingerprint density at radius 3 is 2.39 bits per heavy atom. The van der Waals surface area contributed by atoms with Crippen molar-refractivity contribution in [2.24, 2.45) is 40.2 Å². The molecule has 6 aliphatic rings. The van der Waals surface area contributed by atoms with Gasteiger partial charge in [-0.2, -0.15) is 0 Å². The lowest BCUT2D eigenvalue weighted by Gasteiger charge is -2.56. The van der Waals surface area contributed by atoms with Crippen molar-refractivity contribution in [3.63, 3.8) is 0 Å². The Hall–Kier alpha value is -0.940. The monoisotopic (exact) mass is 399 g/mol. The summed E-state index contributed by atoms with van der Waals surface area (Å²) in [6.45, 7) is 7.26. The Labute approximate surface area is 172 Å². The summed E-state index contributed by atoms with van der Waals surface area (Å²) in [7, 11) is 0. The maximum Gasteiger partial charge on any atom is 0.225 e. The van der Waals surface area contributed by atoms with Gasteiger partial charge >= 0.3 is 0 Å². The molecule has 1 aliphatic heterocycles. The van der Waals surface area contributed by atoms with Crippen LogP contribution in [-0.2, 0) is 16.8 Å². The molecule has 6 fully saturated rings. The van der Waals surface area contributed by atoms with Crippen LogP contribution in [0.2, 0.25) is 0 Å². The number of rotatable bonds is 4. The Kier molecular flexibility index (Phi) is 3.58. The van der Waals surface area contributed by atoms with Crippen molar-refractivity contribution < 1.29 is 4.79 Å². The zero-order valence-electron chi connectivity index (χ0n) is 17.2. The van der Waals surface area contributed by atoms with E-state index in [0.29, 0.717) is 11.3 Å². The van der Waals surface area contributed by atoms with Gasteiger partial charge in [0.25, 0.3) is 0 Å². The van der Waals surface area contributed by atoms with Gasteiger partial charge < -0.3 is 5.73 Å². The van der Waals surface area contributed by atoms with E-state index in [1.165, 1.54) is 49.2 Å². The quantitative estimate of drug-likeness (QED) is 0.834. The third kappa shape index (κ3) is 2.38. The fourth-order valence-corrected chi connectivity index (χ4v) is 9.71. The number of likely N-dealkylation sites (tertiary alicyclic amines) is 1. The molecule has 7 rings (SSSR count). The summed E-state index contributed by atoms with van der Waals surface area (Å²) >= 11 is 1.91. The molecule has 28 heavy (non-hydrogen) atoms. The number of carbonyl (C=O) groups is 1. The smallest absolute Gasteiger partial charge is 0.225 e. The highest BCUT2D eigenvalue weighted by Gasteiger charge is 2.65. The van der Waals surface area contributed by atoms with Crippen LogP contribution in [-0.4, -0.2) is 28.9 Å². The van der Waals surface area contributed by atoms with Crippen molar-refractivity contribution in [2.45, 2.75) is 70.8 Å². The Morgan fingerprint density at radius 2 is 1.86 bits per heavy atom. The Balaban J connectivity index is 1.20. The number of nitrogens with zero attached hydrogens (tertiary/aromatic N) is 2. The van der Waals surface area contributed by atoms with E-state index in [4.69, 9.17) is 10.7 Å². The van der Waals surface area contributed by atoms with Gasteiger partial charge in [-0.15, -0.1) is 11.3 Å². The molecule has 0 spiro atoms. The molecule has 4 nitrogen and oxygen atoms in total. The van der Waals surface area contributed by atoms with Crippen molar-refractivity contribution in [2.75, 3.05) is 13.1 Å². The third-order valence-electron chi connectivity index (χ3n) is 9.25. The lowest BCUT2D eigenvalue weighted by Crippen LogP contribution is -2.59. The minimum atomic E-state index is -0.289. The molecule has 0 radical (unpaired) electrons. The van der Waals surface area contributed by atoms with Gasteiger partial charge in [0, 0.05) is 30.4 Å². The summed E-state index contributed by atoms with van der Waals surface area (Å²) in [5.41, 5.74) is 7.41. The standard InChI is InChI=1S/C23H33N3OS/c1-21(2)12-23(19(24)27)13-26(10-18(21)23)9-17-11-28-20(25-17)22-6-14-3-15(7-22)5-16(4-14)8-22/h11,14-16,18H,3-10,12-13H2,1-2H3,(H2,24,27)/t14?,15?,16?,18-,22?,23+/m1/s1. The number of fused-ring (bicyclic) bond motifs is 1. The van der Waals surface area contributed by atoms with Gasteiger partial charge in [0.05, 0.1) is 16.1 Å². The minimum Gasteiger partial charge on any atom is -0.369 e. The van der Waals surface area contributed by atoms with E-state index in [-0.39, 0.29) is 16.7 Å². The van der Waals surface area contributed by atoms with E-state index >= 15 is 0 Å². The van der Waals surface area contributed by atoms with Gasteiger partial charge in [0.2, 0.25) is 5.91 Å². The first-order valence-corrected chi connectivity index (χ1v) is 12.1. The average molecular weight is 400 g/mol.